The molecule has 0 unspecified atom stereocenters. The Kier molecular flexibility index (Phi) is 9.13. The van der Waals surface area contributed by atoms with Crippen molar-refractivity contribution in [3.63, 3.8) is 0 Å². The molecule has 0 aromatic heterocycles. The number of ether oxygens (including phenoxy) is 1. The quantitative estimate of drug-likeness (QED) is 0.143. The van der Waals surface area contributed by atoms with Crippen LogP contribution in [0.25, 0.3) is 6.08 Å². The molecule has 2 amide bonds. The first-order valence-corrected chi connectivity index (χ1v) is 11.2. The number of hydrogen-bond acceptors (Lipinski definition) is 5. The molecule has 9 heteroatoms. The highest BCUT2D eigenvalue weighted by Gasteiger charge is 2.11. The van der Waals surface area contributed by atoms with Crippen LogP contribution in [0.1, 0.15) is 21.5 Å². The van der Waals surface area contributed by atoms with Gasteiger partial charge in [0.25, 0.3) is 11.8 Å². The summed E-state index contributed by atoms with van der Waals surface area (Å²) in [5, 5.41) is 6.63. The van der Waals surface area contributed by atoms with Crippen LogP contribution in [0.4, 0.5) is 0 Å². The van der Waals surface area contributed by atoms with Crippen LogP contribution in [-0.4, -0.2) is 30.5 Å². The third-order valence-corrected chi connectivity index (χ3v) is 5.14. The Bertz CT molecular complexity index is 1250. The number of esters is 1. The first-order chi connectivity index (χ1) is 16.4. The van der Waals surface area contributed by atoms with Crippen LogP contribution < -0.4 is 15.5 Å². The van der Waals surface area contributed by atoms with Crippen LogP contribution >= 0.6 is 27.5 Å². The van der Waals surface area contributed by atoms with E-state index in [1.54, 1.807) is 48.5 Å². The molecule has 0 saturated heterocycles. The summed E-state index contributed by atoms with van der Waals surface area (Å²) in [4.78, 5) is 36.4. The van der Waals surface area contributed by atoms with Gasteiger partial charge in [-0.2, -0.15) is 5.10 Å². The van der Waals surface area contributed by atoms with E-state index in [0.717, 1.165) is 10.0 Å². The molecule has 0 fully saturated rings. The zero-order valence-corrected chi connectivity index (χ0v) is 20.0. The van der Waals surface area contributed by atoms with Crippen molar-refractivity contribution in [2.24, 2.45) is 5.10 Å². The van der Waals surface area contributed by atoms with Gasteiger partial charge in [0, 0.05) is 16.1 Å². The highest BCUT2D eigenvalue weighted by molar-refractivity contribution is 9.10. The molecule has 0 spiro atoms. The zero-order chi connectivity index (χ0) is 24.3. The second-order valence-corrected chi connectivity index (χ2v) is 8.13. The number of hydrogen-bond donors (Lipinski definition) is 2. The topological polar surface area (TPSA) is 96.9 Å². The first-order valence-electron chi connectivity index (χ1n) is 10.0. The molecular weight excluding hydrogens is 522 g/mol. The second-order valence-electron chi connectivity index (χ2n) is 6.80. The van der Waals surface area contributed by atoms with E-state index in [-0.39, 0.29) is 22.9 Å². The Morgan fingerprint density at radius 1 is 1.00 bits per heavy atom. The summed E-state index contributed by atoms with van der Waals surface area (Å²) < 4.78 is 6.13. The lowest BCUT2D eigenvalue weighted by Gasteiger charge is -2.07. The average molecular weight is 541 g/mol. The standard InChI is InChI=1S/C25H19BrClN3O4/c26-19-11-12-22(34-24(32)13-10-17-6-2-1-3-7-17)18(14-19)15-29-30-23(31)16-28-25(33)20-8-4-5-9-21(20)27/h1-15H,16H2,(H,28,33)(H,30,31)/b13-10+,29-15-. The lowest BCUT2D eigenvalue weighted by molar-refractivity contribution is -0.129. The molecule has 2 N–H and O–H groups in total. The van der Waals surface area contributed by atoms with Gasteiger partial charge in [0.15, 0.2) is 0 Å². The van der Waals surface area contributed by atoms with Crippen molar-refractivity contribution in [2.75, 3.05) is 6.54 Å². The predicted octanol–water partition coefficient (Wildman–Crippen LogP) is 4.60. The number of benzene rings is 3. The minimum absolute atomic E-state index is 0.260. The molecule has 172 valence electrons. The second kappa shape index (κ2) is 12.5. The largest absolute Gasteiger partial charge is 0.423 e. The third-order valence-electron chi connectivity index (χ3n) is 4.31. The van der Waals surface area contributed by atoms with Gasteiger partial charge in [0.2, 0.25) is 0 Å². The van der Waals surface area contributed by atoms with Gasteiger partial charge in [0.05, 0.1) is 23.3 Å². The Morgan fingerprint density at radius 2 is 1.74 bits per heavy atom. The van der Waals surface area contributed by atoms with Gasteiger partial charge in [-0.3, -0.25) is 9.59 Å². The Balaban J connectivity index is 1.56. The first kappa shape index (κ1) is 24.9. The van der Waals surface area contributed by atoms with Crippen molar-refractivity contribution in [3.05, 3.63) is 105 Å². The molecule has 0 aliphatic heterocycles. The molecule has 0 saturated carbocycles. The van der Waals surface area contributed by atoms with E-state index in [1.165, 1.54) is 12.3 Å². The number of halogens is 2. The van der Waals surface area contributed by atoms with E-state index in [1.807, 2.05) is 30.3 Å². The fourth-order valence-electron chi connectivity index (χ4n) is 2.70. The minimum Gasteiger partial charge on any atom is -0.423 e. The lowest BCUT2D eigenvalue weighted by Crippen LogP contribution is -2.35. The van der Waals surface area contributed by atoms with E-state index >= 15 is 0 Å². The van der Waals surface area contributed by atoms with Gasteiger partial charge in [-0.1, -0.05) is 70.0 Å². The smallest absolute Gasteiger partial charge is 0.336 e. The van der Waals surface area contributed by atoms with E-state index in [4.69, 9.17) is 16.3 Å². The van der Waals surface area contributed by atoms with Gasteiger partial charge < -0.3 is 10.1 Å². The van der Waals surface area contributed by atoms with Crippen molar-refractivity contribution in [3.8, 4) is 5.75 Å². The van der Waals surface area contributed by atoms with E-state index < -0.39 is 17.8 Å². The number of rotatable bonds is 8. The third kappa shape index (κ3) is 7.68. The molecule has 7 nitrogen and oxygen atoms in total. The summed E-state index contributed by atoms with van der Waals surface area (Å²) in [6, 6.07) is 20.8. The monoisotopic (exact) mass is 539 g/mol. The van der Waals surface area contributed by atoms with Crippen molar-refractivity contribution < 1.29 is 19.1 Å². The normalized spacial score (nSPS) is 10.9. The van der Waals surface area contributed by atoms with Crippen molar-refractivity contribution in [1.82, 2.24) is 10.7 Å². The number of carbonyl (C=O) groups is 3. The highest BCUT2D eigenvalue weighted by atomic mass is 79.9. The molecule has 0 aliphatic rings. The molecule has 0 heterocycles. The summed E-state index contributed by atoms with van der Waals surface area (Å²) in [7, 11) is 0. The highest BCUT2D eigenvalue weighted by Crippen LogP contribution is 2.22. The number of nitrogens with one attached hydrogen (secondary N) is 2. The SMILES string of the molecule is O=C(CNC(=O)c1ccccc1Cl)N/N=C\c1cc(Br)ccc1OC(=O)/C=C/c1ccccc1. The van der Waals surface area contributed by atoms with Gasteiger partial charge in [-0.05, 0) is 42.0 Å². The van der Waals surface area contributed by atoms with Crippen molar-refractivity contribution >= 4 is 57.6 Å². The van der Waals surface area contributed by atoms with Crippen LogP contribution in [0.15, 0.2) is 88.4 Å². The van der Waals surface area contributed by atoms with Gasteiger partial charge in [-0.25, -0.2) is 10.2 Å². The lowest BCUT2D eigenvalue weighted by atomic mass is 10.2. The van der Waals surface area contributed by atoms with Gasteiger partial charge in [0.1, 0.15) is 5.75 Å². The van der Waals surface area contributed by atoms with E-state index in [9.17, 15) is 14.4 Å². The molecule has 0 radical (unpaired) electrons. The summed E-state index contributed by atoms with van der Waals surface area (Å²) >= 11 is 9.32. The fraction of sp³-hybridized carbons (Fsp3) is 0.0400. The molecule has 34 heavy (non-hydrogen) atoms. The summed E-state index contributed by atoms with van der Waals surface area (Å²) in [5.74, 6) is -1.33. The maximum Gasteiger partial charge on any atom is 0.336 e. The maximum atomic E-state index is 12.2. The van der Waals surface area contributed by atoms with Gasteiger partial charge in [-0.15, -0.1) is 0 Å². The average Bonchev–Trinajstić information content (AvgIpc) is 2.84. The van der Waals surface area contributed by atoms with Crippen molar-refractivity contribution in [2.45, 2.75) is 0 Å². The zero-order valence-electron chi connectivity index (χ0n) is 17.7. The number of nitrogens with zero attached hydrogens (tertiary/aromatic N) is 1. The van der Waals surface area contributed by atoms with Crippen molar-refractivity contribution in [1.29, 1.82) is 0 Å². The van der Waals surface area contributed by atoms with Crippen LogP contribution in [-0.2, 0) is 9.59 Å². The van der Waals surface area contributed by atoms with Crippen LogP contribution in [0.3, 0.4) is 0 Å². The summed E-state index contributed by atoms with van der Waals surface area (Å²) in [6.45, 7) is -0.300. The number of hydrazone groups is 1. The Morgan fingerprint density at radius 3 is 2.50 bits per heavy atom. The minimum atomic E-state index is -0.563. The van der Waals surface area contributed by atoms with Crippen LogP contribution in [0, 0.1) is 0 Å². The van der Waals surface area contributed by atoms with Gasteiger partial charge >= 0.3 is 5.97 Å². The Hall–Kier alpha value is -3.75. The summed E-state index contributed by atoms with van der Waals surface area (Å²) in [5.41, 5.74) is 3.90. The molecule has 0 atom stereocenters. The predicted molar refractivity (Wildman–Crippen MR) is 135 cm³/mol. The Labute approximate surface area is 209 Å². The molecule has 3 aromatic carbocycles. The summed E-state index contributed by atoms with van der Waals surface area (Å²) in [6.07, 6.45) is 4.30. The molecule has 0 bridgehead atoms. The van der Waals surface area contributed by atoms with E-state index in [0.29, 0.717) is 5.56 Å². The number of carbonyl (C=O) groups excluding carboxylic acids is 3. The number of amides is 2. The molecule has 3 rings (SSSR count). The van der Waals surface area contributed by atoms with Crippen LogP contribution in [0.2, 0.25) is 5.02 Å². The van der Waals surface area contributed by atoms with E-state index in [2.05, 4.69) is 31.8 Å². The van der Waals surface area contributed by atoms with Crippen LogP contribution in [0.5, 0.6) is 5.75 Å². The maximum absolute atomic E-state index is 12.2. The fourth-order valence-corrected chi connectivity index (χ4v) is 3.30. The molecule has 0 aliphatic carbocycles. The molecule has 3 aromatic rings. The molecular formula is C25H19BrClN3O4.